The number of aromatic amines is 1. The van der Waals surface area contributed by atoms with Crippen molar-refractivity contribution in [2.24, 2.45) is 0 Å². The smallest absolute Gasteiger partial charge is 0.276 e. The van der Waals surface area contributed by atoms with Crippen LogP contribution in [0.15, 0.2) is 24.3 Å². The predicted octanol–water partition coefficient (Wildman–Crippen LogP) is 1.86. The Balaban J connectivity index is 0.00000182. The van der Waals surface area contributed by atoms with Crippen molar-refractivity contribution in [1.82, 2.24) is 15.5 Å². The van der Waals surface area contributed by atoms with Gasteiger partial charge in [-0.3, -0.25) is 14.7 Å². The summed E-state index contributed by atoms with van der Waals surface area (Å²) >= 11 is 0. The number of anilines is 2. The second-order valence-electron chi connectivity index (χ2n) is 6.08. The molecule has 3 heterocycles. The third kappa shape index (κ3) is 3.25. The maximum atomic E-state index is 12.7. The lowest BCUT2D eigenvalue weighted by molar-refractivity contribution is -0.117. The number of aromatic nitrogens is 2. The molecule has 0 spiro atoms. The minimum Gasteiger partial charge on any atom is -0.319 e. The van der Waals surface area contributed by atoms with Crippen LogP contribution in [0.1, 0.15) is 34.6 Å². The number of hydrogen-bond donors (Lipinski definition) is 3. The molecular weight excluding hydrogens is 342 g/mol. The van der Waals surface area contributed by atoms with E-state index in [1.807, 2.05) is 24.3 Å². The van der Waals surface area contributed by atoms with Crippen molar-refractivity contribution in [2.45, 2.75) is 25.8 Å². The zero-order valence-electron chi connectivity index (χ0n) is 13.7. The highest BCUT2D eigenvalue weighted by Crippen LogP contribution is 2.30. The summed E-state index contributed by atoms with van der Waals surface area (Å²) in [5.41, 5.74) is 3.74. The van der Waals surface area contributed by atoms with Gasteiger partial charge in [0.05, 0.1) is 11.4 Å². The van der Waals surface area contributed by atoms with Crippen LogP contribution in [0, 0.1) is 0 Å². The van der Waals surface area contributed by atoms with E-state index in [2.05, 4.69) is 20.8 Å². The second kappa shape index (κ2) is 7.25. The summed E-state index contributed by atoms with van der Waals surface area (Å²) in [6.07, 6.45) is 2.25. The largest absolute Gasteiger partial charge is 0.319 e. The van der Waals surface area contributed by atoms with Crippen molar-refractivity contribution >= 4 is 35.6 Å². The number of amides is 2. The lowest BCUT2D eigenvalue weighted by atomic mass is 10.1. The number of nitrogens with zero attached hydrogens (tertiary/aromatic N) is 2. The molecule has 2 aliphatic heterocycles. The fourth-order valence-corrected chi connectivity index (χ4v) is 3.31. The van der Waals surface area contributed by atoms with Gasteiger partial charge in [-0.25, -0.2) is 0 Å². The van der Waals surface area contributed by atoms with Gasteiger partial charge in [0, 0.05) is 43.7 Å². The molecule has 1 saturated heterocycles. The quantitative estimate of drug-likeness (QED) is 0.778. The molecule has 4 rings (SSSR count). The molecule has 2 aromatic rings. The van der Waals surface area contributed by atoms with E-state index in [9.17, 15) is 9.59 Å². The third-order valence-corrected chi connectivity index (χ3v) is 4.54. The molecule has 2 aliphatic rings. The minimum absolute atomic E-state index is 0. The van der Waals surface area contributed by atoms with E-state index in [0.717, 1.165) is 36.3 Å². The van der Waals surface area contributed by atoms with Crippen LogP contribution in [-0.2, 0) is 17.8 Å². The van der Waals surface area contributed by atoms with Crippen molar-refractivity contribution in [1.29, 1.82) is 0 Å². The van der Waals surface area contributed by atoms with E-state index < -0.39 is 0 Å². The predicted molar refractivity (Wildman–Crippen MR) is 97.2 cm³/mol. The van der Waals surface area contributed by atoms with Crippen LogP contribution >= 0.6 is 12.4 Å². The number of hydrogen-bond acceptors (Lipinski definition) is 4. The molecule has 2 amide bonds. The van der Waals surface area contributed by atoms with Crippen molar-refractivity contribution < 1.29 is 9.59 Å². The molecule has 3 N–H and O–H groups in total. The molecule has 0 atom stereocenters. The highest BCUT2D eigenvalue weighted by molar-refractivity contribution is 6.07. The van der Waals surface area contributed by atoms with Crippen LogP contribution in [0.25, 0.3) is 0 Å². The number of halogens is 1. The average Bonchev–Trinajstić information content (AvgIpc) is 3.21. The molecule has 132 valence electrons. The first kappa shape index (κ1) is 17.4. The van der Waals surface area contributed by atoms with Gasteiger partial charge in [0.25, 0.3) is 5.91 Å². The summed E-state index contributed by atoms with van der Waals surface area (Å²) in [5, 5.41) is 13.3. The van der Waals surface area contributed by atoms with Gasteiger partial charge in [0.2, 0.25) is 5.91 Å². The van der Waals surface area contributed by atoms with E-state index in [0.29, 0.717) is 30.9 Å². The maximum absolute atomic E-state index is 12.7. The van der Waals surface area contributed by atoms with Crippen molar-refractivity contribution in [3.05, 3.63) is 41.2 Å². The van der Waals surface area contributed by atoms with Crippen molar-refractivity contribution in [3.63, 3.8) is 0 Å². The number of carbonyl (C=O) groups is 2. The first-order valence-electron chi connectivity index (χ1n) is 8.21. The zero-order chi connectivity index (χ0) is 16.5. The van der Waals surface area contributed by atoms with Gasteiger partial charge in [-0.05, 0) is 18.6 Å². The lowest BCUT2D eigenvalue weighted by Gasteiger charge is -2.20. The van der Waals surface area contributed by atoms with Crippen molar-refractivity contribution in [2.75, 3.05) is 23.3 Å². The number of rotatable bonds is 3. The molecule has 0 bridgehead atoms. The van der Waals surface area contributed by atoms with Gasteiger partial charge in [0.15, 0.2) is 5.69 Å². The fraction of sp³-hybridized carbons (Fsp3) is 0.353. The molecule has 0 aliphatic carbocycles. The lowest BCUT2D eigenvalue weighted by Crippen LogP contribution is -2.27. The minimum atomic E-state index is -0.254. The highest BCUT2D eigenvalue weighted by atomic mass is 35.5. The summed E-state index contributed by atoms with van der Waals surface area (Å²) in [6.45, 7) is 2.21. The third-order valence-electron chi connectivity index (χ3n) is 4.54. The summed E-state index contributed by atoms with van der Waals surface area (Å²) in [5.74, 6) is -0.159. The molecule has 1 aromatic heterocycles. The van der Waals surface area contributed by atoms with E-state index in [1.165, 1.54) is 0 Å². The highest BCUT2D eigenvalue weighted by Gasteiger charge is 2.26. The normalized spacial score (nSPS) is 16.3. The van der Waals surface area contributed by atoms with Crippen LogP contribution in [0.4, 0.5) is 11.4 Å². The molecule has 8 heteroatoms. The van der Waals surface area contributed by atoms with Gasteiger partial charge < -0.3 is 15.5 Å². The first-order valence-corrected chi connectivity index (χ1v) is 8.21. The van der Waals surface area contributed by atoms with E-state index >= 15 is 0 Å². The van der Waals surface area contributed by atoms with Gasteiger partial charge in [0.1, 0.15) is 0 Å². The van der Waals surface area contributed by atoms with Crippen LogP contribution in [-0.4, -0.2) is 35.1 Å². The Hall–Kier alpha value is -2.38. The topological polar surface area (TPSA) is 90.1 Å². The average molecular weight is 362 g/mol. The summed E-state index contributed by atoms with van der Waals surface area (Å²) < 4.78 is 0. The van der Waals surface area contributed by atoms with Crippen molar-refractivity contribution in [3.8, 4) is 0 Å². The molecule has 0 unspecified atom stereocenters. The number of para-hydroxylation sites is 2. The Labute approximate surface area is 151 Å². The van der Waals surface area contributed by atoms with Crippen LogP contribution in [0.2, 0.25) is 0 Å². The Morgan fingerprint density at radius 2 is 2.08 bits per heavy atom. The van der Waals surface area contributed by atoms with Gasteiger partial charge in [-0.1, -0.05) is 12.1 Å². The summed E-state index contributed by atoms with van der Waals surface area (Å²) in [7, 11) is 0. The molecule has 25 heavy (non-hydrogen) atoms. The summed E-state index contributed by atoms with van der Waals surface area (Å²) in [6, 6.07) is 7.40. The number of nitrogens with one attached hydrogen (secondary N) is 3. The molecule has 1 aromatic carbocycles. The Bertz CT molecular complexity index is 804. The standard InChI is InChI=1S/C17H19N5O2.ClH/c23-15-6-3-9-22(15)14-5-2-1-4-13(14)19-17(24)16-11-10-18-8-7-12(11)20-21-16;/h1-2,4-5,18H,3,6-10H2,(H,19,24)(H,20,21);1H. The molecule has 1 fully saturated rings. The Morgan fingerprint density at radius 3 is 2.88 bits per heavy atom. The number of H-pyrrole nitrogens is 1. The van der Waals surface area contributed by atoms with E-state index in [-0.39, 0.29) is 24.2 Å². The van der Waals surface area contributed by atoms with E-state index in [4.69, 9.17) is 0 Å². The number of benzene rings is 1. The van der Waals surface area contributed by atoms with E-state index in [1.54, 1.807) is 4.90 Å². The SMILES string of the molecule is Cl.O=C(Nc1ccccc1N1CCCC1=O)c1n[nH]c2c1CNCC2. The van der Waals surface area contributed by atoms with Gasteiger partial charge in [-0.15, -0.1) is 12.4 Å². The van der Waals surface area contributed by atoms with Crippen LogP contribution < -0.4 is 15.5 Å². The molecule has 7 nitrogen and oxygen atoms in total. The maximum Gasteiger partial charge on any atom is 0.276 e. The first-order chi connectivity index (χ1) is 11.7. The fourth-order valence-electron chi connectivity index (χ4n) is 3.31. The number of carbonyl (C=O) groups excluding carboxylic acids is 2. The molecule has 0 radical (unpaired) electrons. The second-order valence-corrected chi connectivity index (χ2v) is 6.08. The molecule has 0 saturated carbocycles. The Morgan fingerprint density at radius 1 is 1.24 bits per heavy atom. The van der Waals surface area contributed by atoms with Crippen LogP contribution in [0.5, 0.6) is 0 Å². The van der Waals surface area contributed by atoms with Crippen LogP contribution in [0.3, 0.4) is 0 Å². The molecular formula is C17H20ClN5O2. The monoisotopic (exact) mass is 361 g/mol. The summed E-state index contributed by atoms with van der Waals surface area (Å²) in [4.78, 5) is 26.4. The van der Waals surface area contributed by atoms with Gasteiger partial charge in [-0.2, -0.15) is 5.10 Å². The Kier molecular flexibility index (Phi) is 5.06. The number of fused-ring (bicyclic) bond motifs is 1. The van der Waals surface area contributed by atoms with Gasteiger partial charge >= 0.3 is 0 Å². The zero-order valence-corrected chi connectivity index (χ0v) is 14.5.